The van der Waals surface area contributed by atoms with Crippen molar-refractivity contribution in [2.24, 2.45) is 11.8 Å². The summed E-state index contributed by atoms with van der Waals surface area (Å²) >= 11 is 4.10. The number of benzene rings is 4. The molecule has 0 radical (unpaired) electrons. The lowest BCUT2D eigenvalue weighted by atomic mass is 9.54. The first-order chi connectivity index (χ1) is 19.3. The minimum absolute atomic E-state index is 0.154. The fourth-order valence-corrected chi connectivity index (χ4v) is 10.4. The molecular formula is C37H28S2. The second-order valence-electron chi connectivity index (χ2n) is 10.8. The highest BCUT2D eigenvalue weighted by Crippen LogP contribution is 2.65. The van der Waals surface area contributed by atoms with Gasteiger partial charge in [-0.05, 0) is 45.5 Å². The molecule has 4 unspecified atom stereocenters. The van der Waals surface area contributed by atoms with Gasteiger partial charge in [0.2, 0.25) is 0 Å². The molecule has 4 atom stereocenters. The van der Waals surface area contributed by atoms with Crippen LogP contribution in [0.15, 0.2) is 155 Å². The summed E-state index contributed by atoms with van der Waals surface area (Å²) in [6, 6.07) is 40.3. The van der Waals surface area contributed by atoms with E-state index in [0.717, 1.165) is 0 Å². The van der Waals surface area contributed by atoms with E-state index < -0.39 is 0 Å². The first-order valence-electron chi connectivity index (χ1n) is 13.8. The lowest BCUT2D eigenvalue weighted by Gasteiger charge is -2.58. The maximum absolute atomic E-state index is 2.57. The number of allylic oxidation sites excluding steroid dienone is 6. The summed E-state index contributed by atoms with van der Waals surface area (Å²) in [4.78, 5) is 2.80. The van der Waals surface area contributed by atoms with Crippen molar-refractivity contribution >= 4 is 34.7 Å². The van der Waals surface area contributed by atoms with Crippen molar-refractivity contribution in [3.05, 3.63) is 168 Å². The zero-order valence-electron chi connectivity index (χ0n) is 21.5. The topological polar surface area (TPSA) is 0 Å². The van der Waals surface area contributed by atoms with E-state index in [-0.39, 0.29) is 5.41 Å². The van der Waals surface area contributed by atoms with Crippen LogP contribution in [0.5, 0.6) is 0 Å². The predicted octanol–water partition coefficient (Wildman–Crippen LogP) is 9.46. The lowest BCUT2D eigenvalue weighted by molar-refractivity contribution is 0.276. The van der Waals surface area contributed by atoms with Gasteiger partial charge in [0.15, 0.2) is 0 Å². The molecule has 188 valence electrons. The van der Waals surface area contributed by atoms with Gasteiger partial charge in [-0.3, -0.25) is 0 Å². The quantitative estimate of drug-likeness (QED) is 0.250. The molecule has 0 amide bonds. The van der Waals surface area contributed by atoms with Crippen LogP contribution in [0.3, 0.4) is 0 Å². The molecule has 1 fully saturated rings. The second-order valence-corrected chi connectivity index (χ2v) is 13.2. The van der Waals surface area contributed by atoms with E-state index in [4.69, 9.17) is 0 Å². The Kier molecular flexibility index (Phi) is 5.60. The summed E-state index contributed by atoms with van der Waals surface area (Å²) in [7, 11) is 0. The van der Waals surface area contributed by atoms with Gasteiger partial charge in [0.1, 0.15) is 0 Å². The van der Waals surface area contributed by atoms with Gasteiger partial charge < -0.3 is 0 Å². The minimum atomic E-state index is -0.154. The fourth-order valence-electron chi connectivity index (χ4n) is 7.29. The van der Waals surface area contributed by atoms with Crippen LogP contribution in [0.4, 0.5) is 0 Å². The first kappa shape index (κ1) is 23.4. The average Bonchev–Trinajstić information content (AvgIpc) is 3.01. The van der Waals surface area contributed by atoms with Crippen molar-refractivity contribution in [3.63, 3.8) is 0 Å². The number of hydrogen-bond donors (Lipinski definition) is 0. The van der Waals surface area contributed by atoms with Crippen molar-refractivity contribution in [2.75, 3.05) is 0 Å². The van der Waals surface area contributed by atoms with Crippen LogP contribution in [-0.2, 0) is 5.41 Å². The maximum atomic E-state index is 2.57. The molecule has 39 heavy (non-hydrogen) atoms. The third-order valence-corrected chi connectivity index (χ3v) is 11.6. The van der Waals surface area contributed by atoms with E-state index >= 15 is 0 Å². The van der Waals surface area contributed by atoms with Gasteiger partial charge in [-0.25, -0.2) is 0 Å². The molecule has 4 aliphatic rings. The smallest absolute Gasteiger partial charge is 0.0384 e. The molecule has 4 aromatic carbocycles. The summed E-state index contributed by atoms with van der Waals surface area (Å²) in [5.74, 6) is 0.683. The Morgan fingerprint density at radius 3 is 1.90 bits per heavy atom. The van der Waals surface area contributed by atoms with E-state index in [1.807, 2.05) is 11.8 Å². The molecule has 2 aliphatic carbocycles. The van der Waals surface area contributed by atoms with E-state index in [2.05, 4.69) is 157 Å². The molecule has 8 rings (SSSR count). The van der Waals surface area contributed by atoms with Crippen LogP contribution >= 0.6 is 23.5 Å². The monoisotopic (exact) mass is 536 g/mol. The van der Waals surface area contributed by atoms with Gasteiger partial charge in [0, 0.05) is 37.5 Å². The van der Waals surface area contributed by atoms with Crippen LogP contribution in [0.2, 0.25) is 0 Å². The Morgan fingerprint density at radius 1 is 0.590 bits per heavy atom. The summed E-state index contributed by atoms with van der Waals surface area (Å²) < 4.78 is 0. The van der Waals surface area contributed by atoms with Crippen LogP contribution < -0.4 is 0 Å². The molecule has 0 bridgehead atoms. The van der Waals surface area contributed by atoms with Crippen LogP contribution in [0.25, 0.3) is 11.1 Å². The summed E-state index contributed by atoms with van der Waals surface area (Å²) in [5.41, 5.74) is 8.23. The zero-order valence-corrected chi connectivity index (χ0v) is 23.1. The van der Waals surface area contributed by atoms with Crippen LogP contribution in [0.1, 0.15) is 22.3 Å². The number of fused-ring (bicyclic) bond motifs is 8. The highest BCUT2D eigenvalue weighted by atomic mass is 32.2. The van der Waals surface area contributed by atoms with E-state index in [0.29, 0.717) is 22.3 Å². The van der Waals surface area contributed by atoms with Crippen molar-refractivity contribution in [1.29, 1.82) is 0 Å². The zero-order chi connectivity index (χ0) is 25.8. The third-order valence-electron chi connectivity index (χ3n) is 8.86. The van der Waals surface area contributed by atoms with Crippen molar-refractivity contribution in [2.45, 2.75) is 25.7 Å². The molecular weight excluding hydrogens is 509 g/mol. The Labute approximate surface area is 239 Å². The van der Waals surface area contributed by atoms with Gasteiger partial charge in [0.05, 0.1) is 0 Å². The highest BCUT2D eigenvalue weighted by Gasteiger charge is 2.59. The molecule has 0 aromatic heterocycles. The van der Waals surface area contributed by atoms with Crippen LogP contribution in [0, 0.1) is 11.8 Å². The van der Waals surface area contributed by atoms with E-state index in [9.17, 15) is 0 Å². The summed E-state index contributed by atoms with van der Waals surface area (Å²) in [6.07, 6.45) is 14.7. The Hall–Kier alpha value is -3.46. The van der Waals surface area contributed by atoms with Crippen molar-refractivity contribution < 1.29 is 0 Å². The van der Waals surface area contributed by atoms with Gasteiger partial charge in [-0.15, -0.1) is 11.8 Å². The Bertz CT molecular complexity index is 1630. The normalized spacial score (nSPS) is 25.5. The molecule has 2 aliphatic heterocycles. The van der Waals surface area contributed by atoms with Gasteiger partial charge in [-0.2, -0.15) is 0 Å². The molecule has 1 spiro atoms. The van der Waals surface area contributed by atoms with Gasteiger partial charge in [0.25, 0.3) is 0 Å². The molecule has 2 heterocycles. The maximum Gasteiger partial charge on any atom is 0.0384 e. The number of thioether (sulfide) groups is 1. The second kappa shape index (κ2) is 9.33. The van der Waals surface area contributed by atoms with Gasteiger partial charge >= 0.3 is 0 Å². The summed E-state index contributed by atoms with van der Waals surface area (Å²) in [5, 5.41) is 0.705. The third kappa shape index (κ3) is 3.55. The average molecular weight is 537 g/mol. The SMILES string of the molecule is C1=CC2C(SC3C=C(c4ccccc4)C=CC3C23c2ccccc2Sc2ccccc23)C(c2ccccc2)=C1. The minimum Gasteiger partial charge on any atom is -0.145 e. The summed E-state index contributed by atoms with van der Waals surface area (Å²) in [6.45, 7) is 0. The van der Waals surface area contributed by atoms with E-state index in [1.165, 1.54) is 43.2 Å². The molecule has 1 saturated heterocycles. The predicted molar refractivity (Wildman–Crippen MR) is 167 cm³/mol. The molecule has 4 aromatic rings. The Morgan fingerprint density at radius 2 is 1.21 bits per heavy atom. The van der Waals surface area contributed by atoms with Crippen molar-refractivity contribution in [1.82, 2.24) is 0 Å². The van der Waals surface area contributed by atoms with Crippen molar-refractivity contribution in [3.8, 4) is 0 Å². The molecule has 2 heteroatoms. The molecule has 0 nitrogen and oxygen atoms in total. The lowest BCUT2D eigenvalue weighted by Crippen LogP contribution is -2.55. The Balaban J connectivity index is 1.39. The standard InChI is InChI=1S/C37H28S2/c1-3-12-25(13-4-1)27-22-23-31-35(24-27)39-36-28(26-14-5-2-6-15-26)16-11-19-32(36)37(31)29-17-7-9-20-33(29)38-34-21-10-8-18-30(34)37/h1-24,31-32,35-36H. The highest BCUT2D eigenvalue weighted by molar-refractivity contribution is 8.01. The number of hydrogen-bond acceptors (Lipinski definition) is 2. The fraction of sp³-hybridized carbons (Fsp3) is 0.135. The molecule has 0 N–H and O–H groups in total. The first-order valence-corrected chi connectivity index (χ1v) is 15.5. The number of rotatable bonds is 2. The van der Waals surface area contributed by atoms with E-state index in [1.54, 1.807) is 0 Å². The molecule has 0 saturated carbocycles. The largest absolute Gasteiger partial charge is 0.145 e. The van der Waals surface area contributed by atoms with Gasteiger partial charge in [-0.1, -0.05) is 145 Å². The van der Waals surface area contributed by atoms with Crippen LogP contribution in [-0.4, -0.2) is 10.5 Å².